The van der Waals surface area contributed by atoms with Crippen molar-refractivity contribution in [2.45, 2.75) is 16.6 Å². The number of rotatable bonds is 5. The molecule has 0 aliphatic heterocycles. The quantitative estimate of drug-likeness (QED) is 0.282. The van der Waals surface area contributed by atoms with Gasteiger partial charge in [0.2, 0.25) is 0 Å². The van der Waals surface area contributed by atoms with Crippen molar-refractivity contribution in [3.05, 3.63) is 80.7 Å². The molecule has 0 radical (unpaired) electrons. The molecule has 0 saturated carbocycles. The molecule has 4 aromatic rings. The summed E-state index contributed by atoms with van der Waals surface area (Å²) < 4.78 is 25.5. The molecule has 2 aromatic heterocycles. The number of benzene rings is 2. The van der Waals surface area contributed by atoms with Gasteiger partial charge in [0.15, 0.2) is 15.0 Å². The third-order valence-electron chi connectivity index (χ3n) is 4.89. The number of thioether (sulfide) groups is 1. The number of sulfone groups is 1. The van der Waals surface area contributed by atoms with Gasteiger partial charge in [-0.3, -0.25) is 9.36 Å². The molecule has 0 bridgehead atoms. The van der Waals surface area contributed by atoms with Gasteiger partial charge >= 0.3 is 0 Å². The minimum Gasteiger partial charge on any atom is -0.288 e. The Kier molecular flexibility index (Phi) is 6.31. The van der Waals surface area contributed by atoms with Crippen LogP contribution in [0.3, 0.4) is 0 Å². The Morgan fingerprint density at radius 3 is 2.41 bits per heavy atom. The van der Waals surface area contributed by atoms with E-state index in [-0.39, 0.29) is 17.0 Å². The Labute approximate surface area is 199 Å². The van der Waals surface area contributed by atoms with E-state index in [1.165, 1.54) is 22.4 Å². The molecule has 0 aliphatic rings. The van der Waals surface area contributed by atoms with Crippen LogP contribution in [0.15, 0.2) is 69.6 Å². The first-order chi connectivity index (χ1) is 15.2. The number of nitrogens with zero attached hydrogens (tertiary/aromatic N) is 3. The van der Waals surface area contributed by atoms with Crippen LogP contribution in [0.1, 0.15) is 5.56 Å². The van der Waals surface area contributed by atoms with E-state index in [1.807, 2.05) is 6.26 Å². The highest BCUT2D eigenvalue weighted by Gasteiger charge is 2.18. The molecule has 6 nitrogen and oxygen atoms in total. The van der Waals surface area contributed by atoms with E-state index in [0.717, 1.165) is 6.26 Å². The maximum absolute atomic E-state index is 13.6. The average molecular weight is 506 g/mol. The van der Waals surface area contributed by atoms with E-state index in [1.54, 1.807) is 48.7 Å². The van der Waals surface area contributed by atoms with Gasteiger partial charge in [0.25, 0.3) is 5.56 Å². The van der Waals surface area contributed by atoms with E-state index in [2.05, 4.69) is 9.97 Å². The molecule has 0 amide bonds. The van der Waals surface area contributed by atoms with Crippen molar-refractivity contribution in [1.29, 1.82) is 0 Å². The molecule has 0 aliphatic carbocycles. The lowest BCUT2D eigenvalue weighted by Crippen LogP contribution is -2.24. The molecule has 0 fully saturated rings. The molecule has 32 heavy (non-hydrogen) atoms. The number of aromatic nitrogens is 3. The second kappa shape index (κ2) is 8.86. The summed E-state index contributed by atoms with van der Waals surface area (Å²) in [6.07, 6.45) is 4.63. The second-order valence-corrected chi connectivity index (χ2v) is 10.7. The summed E-state index contributed by atoms with van der Waals surface area (Å²) in [4.78, 5) is 22.7. The first kappa shape index (κ1) is 22.8. The maximum atomic E-state index is 13.6. The minimum atomic E-state index is -3.39. The Hall–Kier alpha value is -2.39. The average Bonchev–Trinajstić information content (AvgIpc) is 2.75. The van der Waals surface area contributed by atoms with Crippen molar-refractivity contribution < 1.29 is 8.42 Å². The molecular weight excluding hydrogens is 489 g/mol. The van der Waals surface area contributed by atoms with E-state index in [9.17, 15) is 13.2 Å². The monoisotopic (exact) mass is 505 g/mol. The summed E-state index contributed by atoms with van der Waals surface area (Å²) in [6, 6.07) is 13.2. The Morgan fingerprint density at radius 1 is 1.06 bits per heavy atom. The summed E-state index contributed by atoms with van der Waals surface area (Å²) in [5.41, 5.74) is 1.47. The van der Waals surface area contributed by atoms with Gasteiger partial charge in [0, 0.05) is 23.4 Å². The van der Waals surface area contributed by atoms with Gasteiger partial charge < -0.3 is 0 Å². The molecule has 0 saturated heterocycles. The van der Waals surface area contributed by atoms with Crippen molar-refractivity contribution in [1.82, 2.24) is 14.5 Å². The fraction of sp³-hybridized carbons (Fsp3) is 0.136. The highest BCUT2D eigenvalue weighted by molar-refractivity contribution is 7.98. The minimum absolute atomic E-state index is 0.111. The zero-order valence-corrected chi connectivity index (χ0v) is 20.2. The van der Waals surface area contributed by atoms with E-state index >= 15 is 0 Å². The third-order valence-corrected chi connectivity index (χ3v) is 7.19. The summed E-state index contributed by atoms with van der Waals surface area (Å²) in [7, 11) is -3.39. The lowest BCUT2D eigenvalue weighted by atomic mass is 10.1. The van der Waals surface area contributed by atoms with Crippen molar-refractivity contribution in [2.75, 3.05) is 12.5 Å². The van der Waals surface area contributed by atoms with Crippen molar-refractivity contribution in [3.63, 3.8) is 0 Å². The topological polar surface area (TPSA) is 81.9 Å². The van der Waals surface area contributed by atoms with Crippen molar-refractivity contribution in [3.8, 4) is 11.1 Å². The standard InChI is InChI=1S/C22H17Cl2N3O3S2/c1-31-22-25-11-14-10-16(19-17(23)7-4-8-18(19)24)21(28)27(20(14)26-22)12-13-5-3-6-15(9-13)32(2,29)30/h3-11H,12H2,1-2H3. The summed E-state index contributed by atoms with van der Waals surface area (Å²) in [5.74, 6) is 0. The molecule has 2 heterocycles. The molecule has 4 rings (SSSR count). The van der Waals surface area contributed by atoms with Gasteiger partial charge in [0.1, 0.15) is 5.65 Å². The van der Waals surface area contributed by atoms with Gasteiger partial charge in [-0.1, -0.05) is 53.2 Å². The largest absolute Gasteiger partial charge is 0.288 e. The smallest absolute Gasteiger partial charge is 0.260 e. The second-order valence-electron chi connectivity index (χ2n) is 7.10. The summed E-state index contributed by atoms with van der Waals surface area (Å²) in [5, 5.41) is 1.84. The first-order valence-electron chi connectivity index (χ1n) is 9.37. The van der Waals surface area contributed by atoms with Gasteiger partial charge in [-0.05, 0) is 42.2 Å². The third kappa shape index (κ3) is 4.41. The SMILES string of the molecule is CSc1ncc2cc(-c3c(Cl)cccc3Cl)c(=O)n(Cc3cccc(S(C)(=O)=O)c3)c2n1. The van der Waals surface area contributed by atoms with Crippen molar-refractivity contribution in [2.24, 2.45) is 0 Å². The molecule has 0 N–H and O–H groups in total. The molecule has 164 valence electrons. The predicted octanol–water partition coefficient (Wildman–Crippen LogP) is 4.94. The number of pyridine rings is 1. The molecule has 0 unspecified atom stereocenters. The van der Waals surface area contributed by atoms with Crippen molar-refractivity contribution >= 4 is 55.8 Å². The molecule has 0 atom stereocenters. The van der Waals surface area contributed by atoms with Crippen LogP contribution in [-0.4, -0.2) is 35.5 Å². The molecule has 10 heteroatoms. The van der Waals surface area contributed by atoms with Crippen LogP contribution in [0, 0.1) is 0 Å². The maximum Gasteiger partial charge on any atom is 0.260 e. The van der Waals surface area contributed by atoms with Crippen LogP contribution in [0.4, 0.5) is 0 Å². The van der Waals surface area contributed by atoms with Gasteiger partial charge in [-0.2, -0.15) is 0 Å². The highest BCUT2D eigenvalue weighted by atomic mass is 35.5. The van der Waals surface area contributed by atoms with Crippen LogP contribution < -0.4 is 5.56 Å². The number of fused-ring (bicyclic) bond motifs is 1. The molecule has 0 spiro atoms. The Morgan fingerprint density at radius 2 is 1.75 bits per heavy atom. The Balaban J connectivity index is 2.00. The zero-order valence-electron chi connectivity index (χ0n) is 17.0. The fourth-order valence-electron chi connectivity index (χ4n) is 3.38. The zero-order chi connectivity index (χ0) is 23.0. The number of halogens is 2. The van der Waals surface area contributed by atoms with Gasteiger partial charge in [0.05, 0.1) is 27.0 Å². The predicted molar refractivity (Wildman–Crippen MR) is 130 cm³/mol. The summed E-state index contributed by atoms with van der Waals surface area (Å²) in [6.45, 7) is 0.111. The lowest BCUT2D eigenvalue weighted by Gasteiger charge is -2.15. The van der Waals surface area contributed by atoms with E-state index in [0.29, 0.717) is 42.9 Å². The lowest BCUT2D eigenvalue weighted by molar-refractivity contribution is 0.601. The van der Waals surface area contributed by atoms with Crippen LogP contribution in [-0.2, 0) is 16.4 Å². The number of hydrogen-bond acceptors (Lipinski definition) is 6. The van der Waals surface area contributed by atoms with Crippen LogP contribution >= 0.6 is 35.0 Å². The first-order valence-corrected chi connectivity index (χ1v) is 13.2. The highest BCUT2D eigenvalue weighted by Crippen LogP contribution is 2.34. The molecular formula is C22H17Cl2N3O3S2. The fourth-order valence-corrected chi connectivity index (χ4v) is 5.01. The Bertz CT molecular complexity index is 1500. The van der Waals surface area contributed by atoms with E-state index < -0.39 is 9.84 Å². The van der Waals surface area contributed by atoms with Gasteiger partial charge in [-0.15, -0.1) is 0 Å². The van der Waals surface area contributed by atoms with Gasteiger partial charge in [-0.25, -0.2) is 18.4 Å². The van der Waals surface area contributed by atoms with E-state index in [4.69, 9.17) is 23.2 Å². The van der Waals surface area contributed by atoms with Crippen LogP contribution in [0.25, 0.3) is 22.2 Å². The number of hydrogen-bond donors (Lipinski definition) is 0. The van der Waals surface area contributed by atoms with Crippen LogP contribution in [0.5, 0.6) is 0 Å². The van der Waals surface area contributed by atoms with Crippen LogP contribution in [0.2, 0.25) is 10.0 Å². The summed E-state index contributed by atoms with van der Waals surface area (Å²) >= 11 is 14.1. The molecule has 2 aromatic carbocycles. The normalized spacial score (nSPS) is 11.8.